The number of rotatable bonds is 6. The van der Waals surface area contributed by atoms with Gasteiger partial charge in [-0.25, -0.2) is 0 Å². The zero-order valence-electron chi connectivity index (χ0n) is 15.5. The predicted molar refractivity (Wildman–Crippen MR) is 97.5 cm³/mol. The highest BCUT2D eigenvalue weighted by Crippen LogP contribution is 2.31. The SMILES string of the molecule is Cc1ccc(O)c(CNC(CN2CCCC2=O)c2cccc(C(F)(F)F)c2)n1. The van der Waals surface area contributed by atoms with Crippen molar-refractivity contribution in [2.75, 3.05) is 13.1 Å². The third-order valence-electron chi connectivity index (χ3n) is 4.80. The van der Waals surface area contributed by atoms with Gasteiger partial charge >= 0.3 is 6.18 Å². The van der Waals surface area contributed by atoms with Crippen LogP contribution in [0.15, 0.2) is 36.4 Å². The van der Waals surface area contributed by atoms with Crippen molar-refractivity contribution < 1.29 is 23.1 Å². The van der Waals surface area contributed by atoms with Gasteiger partial charge in [-0.2, -0.15) is 13.2 Å². The lowest BCUT2D eigenvalue weighted by Gasteiger charge is -2.26. The van der Waals surface area contributed by atoms with Crippen LogP contribution in [0, 0.1) is 6.92 Å². The first-order valence-corrected chi connectivity index (χ1v) is 9.08. The summed E-state index contributed by atoms with van der Waals surface area (Å²) >= 11 is 0. The van der Waals surface area contributed by atoms with Crippen LogP contribution in [-0.2, 0) is 17.5 Å². The molecule has 0 aliphatic carbocycles. The van der Waals surface area contributed by atoms with Crippen molar-refractivity contribution >= 4 is 5.91 Å². The number of hydrogen-bond acceptors (Lipinski definition) is 4. The maximum absolute atomic E-state index is 13.1. The first kappa shape index (κ1) is 20.1. The molecule has 1 saturated heterocycles. The van der Waals surface area contributed by atoms with E-state index in [1.54, 1.807) is 24.0 Å². The van der Waals surface area contributed by atoms with Gasteiger partial charge in [0.05, 0.1) is 17.3 Å². The molecule has 28 heavy (non-hydrogen) atoms. The fourth-order valence-electron chi connectivity index (χ4n) is 3.29. The Labute approximate surface area is 161 Å². The molecule has 3 rings (SSSR count). The Morgan fingerprint density at radius 3 is 2.75 bits per heavy atom. The van der Waals surface area contributed by atoms with Gasteiger partial charge in [-0.3, -0.25) is 9.78 Å². The number of benzene rings is 1. The summed E-state index contributed by atoms with van der Waals surface area (Å²) in [5, 5.41) is 13.1. The minimum Gasteiger partial charge on any atom is -0.506 e. The normalized spacial score (nSPS) is 15.9. The third-order valence-corrected chi connectivity index (χ3v) is 4.80. The fraction of sp³-hybridized carbons (Fsp3) is 0.400. The van der Waals surface area contributed by atoms with Gasteiger partial charge < -0.3 is 15.3 Å². The van der Waals surface area contributed by atoms with E-state index in [0.29, 0.717) is 24.2 Å². The number of amides is 1. The van der Waals surface area contributed by atoms with Crippen molar-refractivity contribution in [3.63, 3.8) is 0 Å². The van der Waals surface area contributed by atoms with Gasteiger partial charge in [0.2, 0.25) is 5.91 Å². The van der Waals surface area contributed by atoms with Gasteiger partial charge in [-0.1, -0.05) is 12.1 Å². The number of likely N-dealkylation sites (tertiary alicyclic amines) is 1. The second-order valence-corrected chi connectivity index (χ2v) is 6.92. The van der Waals surface area contributed by atoms with E-state index in [0.717, 1.165) is 24.2 Å². The van der Waals surface area contributed by atoms with Gasteiger partial charge in [-0.05, 0) is 43.2 Å². The first-order chi connectivity index (χ1) is 13.2. The number of aromatic hydroxyl groups is 1. The Morgan fingerprint density at radius 2 is 2.07 bits per heavy atom. The third kappa shape index (κ3) is 4.81. The lowest BCUT2D eigenvalue weighted by molar-refractivity contribution is -0.137. The highest BCUT2D eigenvalue weighted by molar-refractivity contribution is 5.78. The van der Waals surface area contributed by atoms with E-state index in [1.807, 2.05) is 0 Å². The lowest BCUT2D eigenvalue weighted by atomic mass is 10.0. The van der Waals surface area contributed by atoms with E-state index in [-0.39, 0.29) is 24.7 Å². The average Bonchev–Trinajstić information content (AvgIpc) is 3.05. The zero-order chi connectivity index (χ0) is 20.3. The molecule has 150 valence electrons. The molecular weight excluding hydrogens is 371 g/mol. The molecule has 1 atom stereocenters. The van der Waals surface area contributed by atoms with E-state index in [4.69, 9.17) is 0 Å². The van der Waals surface area contributed by atoms with Gasteiger partial charge in [0.1, 0.15) is 5.75 Å². The van der Waals surface area contributed by atoms with Gasteiger partial charge in [-0.15, -0.1) is 0 Å². The van der Waals surface area contributed by atoms with Crippen molar-refractivity contribution in [2.45, 2.75) is 38.5 Å². The highest BCUT2D eigenvalue weighted by Gasteiger charge is 2.31. The molecule has 2 heterocycles. The Hall–Kier alpha value is -2.61. The standard InChI is InChI=1S/C20H22F3N3O2/c1-13-7-8-18(27)16(25-13)11-24-17(12-26-9-3-6-19(26)28)14-4-2-5-15(10-14)20(21,22)23/h2,4-5,7-8,10,17,24,27H,3,6,9,11-12H2,1H3. The zero-order valence-corrected chi connectivity index (χ0v) is 15.5. The molecule has 1 aromatic carbocycles. The summed E-state index contributed by atoms with van der Waals surface area (Å²) in [7, 11) is 0. The number of aromatic nitrogens is 1. The lowest BCUT2D eigenvalue weighted by Crippen LogP contribution is -2.36. The summed E-state index contributed by atoms with van der Waals surface area (Å²) in [6.07, 6.45) is -3.25. The van der Waals surface area contributed by atoms with Gasteiger partial charge in [0, 0.05) is 31.7 Å². The van der Waals surface area contributed by atoms with E-state index in [9.17, 15) is 23.1 Å². The molecule has 1 aliphatic heterocycles. The average molecular weight is 393 g/mol. The van der Waals surface area contributed by atoms with Crippen LogP contribution in [0.2, 0.25) is 0 Å². The molecule has 0 bridgehead atoms. The van der Waals surface area contributed by atoms with Crippen LogP contribution in [-0.4, -0.2) is 34.0 Å². The van der Waals surface area contributed by atoms with Crippen molar-refractivity contribution in [1.29, 1.82) is 0 Å². The number of aryl methyl sites for hydroxylation is 1. The molecule has 0 radical (unpaired) electrons. The number of carbonyl (C=O) groups is 1. The van der Waals surface area contributed by atoms with E-state index < -0.39 is 17.8 Å². The number of carbonyl (C=O) groups excluding carboxylic acids is 1. The number of nitrogens with zero attached hydrogens (tertiary/aromatic N) is 2. The van der Waals surface area contributed by atoms with Gasteiger partial charge in [0.25, 0.3) is 0 Å². The van der Waals surface area contributed by atoms with Gasteiger partial charge in [0.15, 0.2) is 0 Å². The number of pyridine rings is 1. The summed E-state index contributed by atoms with van der Waals surface area (Å²) in [6, 6.07) is 7.77. The van der Waals surface area contributed by atoms with E-state index >= 15 is 0 Å². The maximum Gasteiger partial charge on any atom is 0.416 e. The molecule has 1 aromatic heterocycles. The quantitative estimate of drug-likeness (QED) is 0.788. The summed E-state index contributed by atoms with van der Waals surface area (Å²) in [4.78, 5) is 17.9. The molecule has 5 nitrogen and oxygen atoms in total. The second-order valence-electron chi connectivity index (χ2n) is 6.92. The number of nitrogens with one attached hydrogen (secondary N) is 1. The topological polar surface area (TPSA) is 65.5 Å². The van der Waals surface area contributed by atoms with Crippen LogP contribution >= 0.6 is 0 Å². The summed E-state index contributed by atoms with van der Waals surface area (Å²) in [5.74, 6) is 0.00782. The summed E-state index contributed by atoms with van der Waals surface area (Å²) in [5.41, 5.74) is 0.826. The second kappa shape index (κ2) is 8.18. The van der Waals surface area contributed by atoms with Crippen LogP contribution in [0.5, 0.6) is 5.75 Å². The molecule has 0 spiro atoms. The number of hydrogen-bond donors (Lipinski definition) is 2. The van der Waals surface area contributed by atoms with Crippen molar-refractivity contribution in [1.82, 2.24) is 15.2 Å². The van der Waals surface area contributed by atoms with Crippen LogP contribution in [0.4, 0.5) is 13.2 Å². The molecular formula is C20H22F3N3O2. The molecule has 2 N–H and O–H groups in total. The molecule has 1 fully saturated rings. The molecule has 1 unspecified atom stereocenters. The molecule has 8 heteroatoms. The Kier molecular flexibility index (Phi) is 5.88. The van der Waals surface area contributed by atoms with E-state index in [2.05, 4.69) is 10.3 Å². The van der Waals surface area contributed by atoms with E-state index in [1.165, 1.54) is 12.1 Å². The Morgan fingerprint density at radius 1 is 1.29 bits per heavy atom. The molecule has 2 aromatic rings. The number of halogens is 3. The molecule has 0 saturated carbocycles. The molecule has 1 amide bonds. The minimum absolute atomic E-state index is 0.00435. The van der Waals surface area contributed by atoms with Crippen LogP contribution in [0.3, 0.4) is 0 Å². The summed E-state index contributed by atoms with van der Waals surface area (Å²) in [6.45, 7) is 2.79. The largest absolute Gasteiger partial charge is 0.506 e. The minimum atomic E-state index is -4.44. The summed E-state index contributed by atoms with van der Waals surface area (Å²) < 4.78 is 39.4. The van der Waals surface area contributed by atoms with Crippen molar-refractivity contribution in [3.05, 3.63) is 58.9 Å². The molecule has 1 aliphatic rings. The Bertz CT molecular complexity index is 855. The maximum atomic E-state index is 13.1. The van der Waals surface area contributed by atoms with Crippen LogP contribution < -0.4 is 5.32 Å². The predicted octanol–water partition coefficient (Wildman–Crippen LogP) is 3.57. The smallest absolute Gasteiger partial charge is 0.416 e. The van der Waals surface area contributed by atoms with Crippen molar-refractivity contribution in [2.24, 2.45) is 0 Å². The monoisotopic (exact) mass is 393 g/mol. The van der Waals surface area contributed by atoms with Crippen molar-refractivity contribution in [3.8, 4) is 5.75 Å². The first-order valence-electron chi connectivity index (χ1n) is 9.08. The van der Waals surface area contributed by atoms with Crippen LogP contribution in [0.1, 0.15) is 41.4 Å². The Balaban J connectivity index is 1.84. The highest BCUT2D eigenvalue weighted by atomic mass is 19.4. The number of alkyl halides is 3. The van der Waals surface area contributed by atoms with Crippen LogP contribution in [0.25, 0.3) is 0 Å². The fourth-order valence-corrected chi connectivity index (χ4v) is 3.29.